The van der Waals surface area contributed by atoms with Crippen LogP contribution in [-0.4, -0.2) is 7.11 Å². The van der Waals surface area contributed by atoms with E-state index in [4.69, 9.17) is 27.9 Å². The van der Waals surface area contributed by atoms with Crippen molar-refractivity contribution >= 4 is 39.1 Å². The molecule has 2 aromatic rings. The average Bonchev–Trinajstić information content (AvgIpc) is 2.41. The number of hydrogen-bond acceptors (Lipinski definition) is 1. The molecule has 0 radical (unpaired) electrons. The van der Waals surface area contributed by atoms with Gasteiger partial charge in [-0.15, -0.1) is 11.6 Å². The van der Waals surface area contributed by atoms with Crippen LogP contribution in [0.2, 0.25) is 5.02 Å². The highest BCUT2D eigenvalue weighted by Crippen LogP contribution is 2.33. The molecule has 0 saturated carbocycles. The van der Waals surface area contributed by atoms with Crippen LogP contribution < -0.4 is 4.74 Å². The van der Waals surface area contributed by atoms with Crippen molar-refractivity contribution in [2.24, 2.45) is 0 Å². The van der Waals surface area contributed by atoms with Crippen LogP contribution in [0.4, 0.5) is 0 Å². The molecule has 0 amide bonds. The van der Waals surface area contributed by atoms with Crippen LogP contribution in [0.25, 0.3) is 0 Å². The third kappa shape index (κ3) is 3.88. The van der Waals surface area contributed by atoms with Crippen molar-refractivity contribution in [3.8, 4) is 5.75 Å². The Morgan fingerprint density at radius 1 is 1.16 bits per heavy atom. The zero-order chi connectivity index (χ0) is 13.8. The van der Waals surface area contributed by atoms with Crippen LogP contribution in [0.5, 0.6) is 5.75 Å². The van der Waals surface area contributed by atoms with Crippen LogP contribution in [0.15, 0.2) is 46.9 Å². The molecule has 1 atom stereocenters. The number of hydrogen-bond donors (Lipinski definition) is 0. The van der Waals surface area contributed by atoms with Gasteiger partial charge in [0.25, 0.3) is 0 Å². The van der Waals surface area contributed by atoms with Gasteiger partial charge in [0.15, 0.2) is 0 Å². The molecule has 0 aliphatic heterocycles. The first kappa shape index (κ1) is 14.7. The zero-order valence-electron chi connectivity index (χ0n) is 10.4. The Bertz CT molecular complexity index is 555. The molecule has 0 aliphatic rings. The predicted octanol–water partition coefficient (Wildman–Crippen LogP) is 5.63. The van der Waals surface area contributed by atoms with Gasteiger partial charge in [-0.05, 0) is 41.8 Å². The normalized spacial score (nSPS) is 12.2. The van der Waals surface area contributed by atoms with E-state index in [0.29, 0.717) is 0 Å². The molecule has 2 aromatic carbocycles. The summed E-state index contributed by atoms with van der Waals surface area (Å²) < 4.78 is 6.13. The van der Waals surface area contributed by atoms with Crippen molar-refractivity contribution in [3.63, 3.8) is 0 Å². The van der Waals surface area contributed by atoms with Gasteiger partial charge < -0.3 is 4.74 Å². The molecule has 0 saturated heterocycles. The zero-order valence-corrected chi connectivity index (χ0v) is 13.5. The Hall–Kier alpha value is -0.700. The quantitative estimate of drug-likeness (QED) is 0.642. The fraction of sp³-hybridized carbons (Fsp3) is 0.200. The Morgan fingerprint density at radius 3 is 2.42 bits per heavy atom. The van der Waals surface area contributed by atoms with Crippen molar-refractivity contribution < 1.29 is 4.74 Å². The Labute approximate surface area is 131 Å². The maximum Gasteiger partial charge on any atom is 0.120 e. The van der Waals surface area contributed by atoms with Crippen molar-refractivity contribution in [1.82, 2.24) is 0 Å². The molecule has 0 spiro atoms. The molecular weight excluding hydrogens is 347 g/mol. The minimum Gasteiger partial charge on any atom is -0.497 e. The van der Waals surface area contributed by atoms with E-state index < -0.39 is 0 Å². The van der Waals surface area contributed by atoms with Crippen molar-refractivity contribution in [2.75, 3.05) is 7.11 Å². The molecule has 0 fully saturated rings. The number of rotatable bonds is 4. The van der Waals surface area contributed by atoms with Crippen molar-refractivity contribution in [1.29, 1.82) is 0 Å². The summed E-state index contributed by atoms with van der Waals surface area (Å²) in [5.41, 5.74) is 2.21. The lowest BCUT2D eigenvalue weighted by molar-refractivity contribution is 0.414. The molecule has 0 N–H and O–H groups in total. The minimum atomic E-state index is -0.0959. The SMILES string of the molecule is COc1ccc(C(Cl)Cc2ccc(Cl)cc2)c(Br)c1. The molecule has 0 aromatic heterocycles. The summed E-state index contributed by atoms with van der Waals surface area (Å²) in [5, 5.41) is 0.641. The van der Waals surface area contributed by atoms with Crippen LogP contribution >= 0.6 is 39.1 Å². The van der Waals surface area contributed by atoms with Crippen LogP contribution in [0.3, 0.4) is 0 Å². The van der Waals surface area contributed by atoms with Gasteiger partial charge in [0.1, 0.15) is 5.75 Å². The summed E-state index contributed by atoms with van der Waals surface area (Å²) in [6.07, 6.45) is 0.754. The predicted molar refractivity (Wildman–Crippen MR) is 84.4 cm³/mol. The maximum absolute atomic E-state index is 6.48. The van der Waals surface area contributed by atoms with Crippen molar-refractivity contribution in [2.45, 2.75) is 11.8 Å². The number of alkyl halides is 1. The standard InChI is InChI=1S/C15H13BrCl2O/c1-19-12-6-7-13(14(16)9-12)15(18)8-10-2-4-11(17)5-3-10/h2-7,9,15H,8H2,1H3. The van der Waals surface area contributed by atoms with E-state index in [2.05, 4.69) is 15.9 Å². The lowest BCUT2D eigenvalue weighted by Crippen LogP contribution is -1.97. The fourth-order valence-electron chi connectivity index (χ4n) is 1.83. The molecule has 0 bridgehead atoms. The number of halogens is 3. The third-order valence-corrected chi connectivity index (χ3v) is 4.20. The fourth-order valence-corrected chi connectivity index (χ4v) is 3.09. The topological polar surface area (TPSA) is 9.23 Å². The first-order valence-electron chi connectivity index (χ1n) is 5.82. The molecule has 0 heterocycles. The third-order valence-electron chi connectivity index (χ3n) is 2.87. The van der Waals surface area contributed by atoms with E-state index in [1.165, 1.54) is 0 Å². The van der Waals surface area contributed by atoms with E-state index in [1.807, 2.05) is 42.5 Å². The van der Waals surface area contributed by atoms with Crippen LogP contribution in [-0.2, 0) is 6.42 Å². The van der Waals surface area contributed by atoms with Crippen LogP contribution in [0, 0.1) is 0 Å². The monoisotopic (exact) mass is 358 g/mol. The molecule has 1 unspecified atom stereocenters. The van der Waals surface area contributed by atoms with Gasteiger partial charge in [0.05, 0.1) is 12.5 Å². The average molecular weight is 360 g/mol. The van der Waals surface area contributed by atoms with Gasteiger partial charge in [0, 0.05) is 9.50 Å². The van der Waals surface area contributed by atoms with Gasteiger partial charge in [-0.3, -0.25) is 0 Å². The molecule has 100 valence electrons. The second-order valence-electron chi connectivity index (χ2n) is 4.19. The highest BCUT2D eigenvalue weighted by atomic mass is 79.9. The molecule has 0 aliphatic carbocycles. The van der Waals surface area contributed by atoms with E-state index in [1.54, 1.807) is 7.11 Å². The Kier molecular flexibility index (Phi) is 5.14. The second kappa shape index (κ2) is 6.65. The van der Waals surface area contributed by atoms with Gasteiger partial charge in [0.2, 0.25) is 0 Å². The Balaban J connectivity index is 2.15. The van der Waals surface area contributed by atoms with Gasteiger partial charge in [-0.1, -0.05) is 45.7 Å². The molecule has 1 nitrogen and oxygen atoms in total. The summed E-state index contributed by atoms with van der Waals surface area (Å²) >= 11 is 15.9. The Morgan fingerprint density at radius 2 is 1.84 bits per heavy atom. The van der Waals surface area contributed by atoms with Gasteiger partial charge in [-0.2, -0.15) is 0 Å². The van der Waals surface area contributed by atoms with Gasteiger partial charge >= 0.3 is 0 Å². The number of methoxy groups -OCH3 is 1. The summed E-state index contributed by atoms with van der Waals surface area (Å²) in [6.45, 7) is 0. The smallest absolute Gasteiger partial charge is 0.120 e. The van der Waals surface area contributed by atoms with E-state index in [-0.39, 0.29) is 5.38 Å². The number of ether oxygens (including phenoxy) is 1. The molecule has 4 heteroatoms. The van der Waals surface area contributed by atoms with E-state index >= 15 is 0 Å². The number of benzene rings is 2. The first-order chi connectivity index (χ1) is 9.10. The molecule has 19 heavy (non-hydrogen) atoms. The minimum absolute atomic E-state index is 0.0959. The summed E-state index contributed by atoms with van der Waals surface area (Å²) in [7, 11) is 1.65. The summed E-state index contributed by atoms with van der Waals surface area (Å²) in [6, 6.07) is 13.6. The summed E-state index contributed by atoms with van der Waals surface area (Å²) in [4.78, 5) is 0. The van der Waals surface area contributed by atoms with Crippen molar-refractivity contribution in [3.05, 3.63) is 63.1 Å². The molecule has 2 rings (SSSR count). The maximum atomic E-state index is 6.48. The van der Waals surface area contributed by atoms with Crippen LogP contribution in [0.1, 0.15) is 16.5 Å². The lowest BCUT2D eigenvalue weighted by Gasteiger charge is -2.13. The van der Waals surface area contributed by atoms with E-state index in [0.717, 1.165) is 32.8 Å². The molecular formula is C15H13BrCl2O. The highest BCUT2D eigenvalue weighted by molar-refractivity contribution is 9.10. The largest absolute Gasteiger partial charge is 0.497 e. The second-order valence-corrected chi connectivity index (χ2v) is 6.00. The van der Waals surface area contributed by atoms with E-state index in [9.17, 15) is 0 Å². The lowest BCUT2D eigenvalue weighted by atomic mass is 10.0. The van der Waals surface area contributed by atoms with Gasteiger partial charge in [-0.25, -0.2) is 0 Å². The summed E-state index contributed by atoms with van der Waals surface area (Å²) in [5.74, 6) is 0.811. The first-order valence-corrected chi connectivity index (χ1v) is 7.43. The highest BCUT2D eigenvalue weighted by Gasteiger charge is 2.13.